The number of carbonyl (C=O) groups excluding carboxylic acids is 2. The molecule has 1 aliphatic heterocycles. The van der Waals surface area contributed by atoms with Crippen molar-refractivity contribution < 1.29 is 44.8 Å². The number of benzene rings is 3. The van der Waals surface area contributed by atoms with E-state index in [0.29, 0.717) is 34.4 Å². The van der Waals surface area contributed by atoms with Crippen LogP contribution in [-0.4, -0.2) is 70.2 Å². The van der Waals surface area contributed by atoms with E-state index < -0.39 is 0 Å². The molecular weight excluding hydrogens is 1110 g/mol. The predicted molar refractivity (Wildman–Crippen MR) is 299 cm³/mol. The normalized spacial score (nSPS) is 34.0. The van der Waals surface area contributed by atoms with Gasteiger partial charge in [-0.15, -0.1) is 17.4 Å². The van der Waals surface area contributed by atoms with Crippen LogP contribution in [-0.2, 0) is 31.1 Å². The van der Waals surface area contributed by atoms with Crippen LogP contribution in [0.25, 0.3) is 0 Å². The monoisotopic (exact) mass is 1190 g/mol. The van der Waals surface area contributed by atoms with Crippen LogP contribution in [0.3, 0.4) is 0 Å². The van der Waals surface area contributed by atoms with Crippen molar-refractivity contribution >= 4 is 91.2 Å². The summed E-state index contributed by atoms with van der Waals surface area (Å²) in [5, 5.41) is 26.4. The van der Waals surface area contributed by atoms with Gasteiger partial charge in [0.15, 0.2) is 17.4 Å². The third-order valence-corrected chi connectivity index (χ3v) is 19.1. The summed E-state index contributed by atoms with van der Waals surface area (Å²) in [4.78, 5) is 23.7. The summed E-state index contributed by atoms with van der Waals surface area (Å²) in [6, 6.07) is 17.3. The Kier molecular flexibility index (Phi) is 20.4. The number of fused-ring (bicyclic) bond motifs is 1. The van der Waals surface area contributed by atoms with E-state index in [4.69, 9.17) is 10.5 Å². The number of amides is 1. The van der Waals surface area contributed by atoms with Gasteiger partial charge in [-0.3, -0.25) is 4.79 Å². The molecule has 12 saturated carbocycles. The molecule has 71 heavy (non-hydrogen) atoms. The zero-order chi connectivity index (χ0) is 48.7. The van der Waals surface area contributed by atoms with Gasteiger partial charge in [-0.05, 0) is 234 Å². The Balaban J connectivity index is 0.000000157. The molecule has 3 aromatic carbocycles. The molecule has 0 atom stereocenters. The summed E-state index contributed by atoms with van der Waals surface area (Å²) in [5.41, 5.74) is 12.3. The number of aliphatic hydroxyl groups is 2. The third-order valence-electron chi connectivity index (χ3n) is 17.7. The summed E-state index contributed by atoms with van der Waals surface area (Å²) in [6.45, 7) is 1.32. The maximum atomic E-state index is 12.8. The van der Waals surface area contributed by atoms with E-state index in [1.807, 2.05) is 36.4 Å². The van der Waals surface area contributed by atoms with E-state index in [0.717, 1.165) is 104 Å². The predicted octanol–water partition coefficient (Wildman–Crippen LogP) is 8.98. The number of aliphatic hydroxyl groups excluding tert-OH is 2. The van der Waals surface area contributed by atoms with Gasteiger partial charge in [0.05, 0.1) is 18.8 Å². The van der Waals surface area contributed by atoms with E-state index in [1.54, 1.807) is 6.07 Å². The molecule has 1 heterocycles. The average Bonchev–Trinajstić information content (AvgIpc) is 3.63. The number of nitrogens with one attached hydrogen (secondary N) is 2. The van der Waals surface area contributed by atoms with Crippen LogP contribution in [0.5, 0.6) is 0 Å². The molecule has 14 heteroatoms. The molecule has 6 N–H and O–H groups in total. The van der Waals surface area contributed by atoms with Crippen LogP contribution in [0.2, 0.25) is 17.4 Å². The van der Waals surface area contributed by atoms with Gasteiger partial charge in [-0.2, -0.15) is 0 Å². The van der Waals surface area contributed by atoms with E-state index in [2.05, 4.69) is 87.9 Å². The van der Waals surface area contributed by atoms with Crippen molar-refractivity contribution in [2.75, 3.05) is 0 Å². The molecule has 16 rings (SSSR count). The summed E-state index contributed by atoms with van der Waals surface area (Å²) in [5.74, 6) is 15.1. The van der Waals surface area contributed by atoms with E-state index in [9.17, 15) is 19.8 Å². The number of hydrogen-bond donors (Lipinski definition) is 5. The number of hydrogen-bond acceptors (Lipinski definition) is 7. The second-order valence-electron chi connectivity index (χ2n) is 24.6. The molecular formula is C57H81Al2Br3LiN3O5. The first-order valence-electron chi connectivity index (χ1n) is 26.6. The minimum Gasteiger partial charge on any atom is -1.00 e. The Bertz CT molecular complexity index is 2230. The van der Waals surface area contributed by atoms with E-state index >= 15 is 0 Å². The van der Waals surface area contributed by atoms with Crippen molar-refractivity contribution in [3.05, 3.63) is 101 Å². The molecule has 13 aliphatic rings. The van der Waals surface area contributed by atoms with Gasteiger partial charge in [0.2, 0.25) is 0 Å². The minimum absolute atomic E-state index is 0. The number of carbonyl (C=O) groups is 2. The quantitative estimate of drug-likeness (QED) is 0.118. The topological polar surface area (TPSA) is 134 Å². The molecule has 0 aromatic heterocycles. The van der Waals surface area contributed by atoms with Crippen LogP contribution in [0, 0.1) is 53.3 Å². The Morgan fingerprint density at radius 3 is 1.48 bits per heavy atom. The molecule has 12 bridgehead atoms. The SMILES string of the molecule is NC12CC3CC(CC(C3)C1)C2.O=C(NC12CC3CC(CC(C3)C1)C2)c1ccc(Br)cc1CO.O=C1OCc2cc(Br)ccc21.OCc1cc(Br)ccc1CNC12CC3CC(CC(C3)C1)C2.[AlH3].[CH3][Al]([CH3])[CH3].[H-].[Li+]. The summed E-state index contributed by atoms with van der Waals surface area (Å²) in [6.07, 6.45) is 24.7. The Morgan fingerprint density at radius 1 is 0.634 bits per heavy atom. The summed E-state index contributed by atoms with van der Waals surface area (Å²) < 4.78 is 7.74. The van der Waals surface area contributed by atoms with Crippen molar-refractivity contribution in [3.8, 4) is 0 Å². The molecule has 382 valence electrons. The van der Waals surface area contributed by atoms with Gasteiger partial charge in [0.1, 0.15) is 6.61 Å². The van der Waals surface area contributed by atoms with Crippen molar-refractivity contribution in [2.45, 2.75) is 176 Å². The number of nitrogens with two attached hydrogens (primary N) is 1. The molecule has 12 fully saturated rings. The van der Waals surface area contributed by atoms with Crippen LogP contribution in [0.15, 0.2) is 68.0 Å². The fourth-order valence-corrected chi connectivity index (χ4v) is 17.5. The van der Waals surface area contributed by atoms with Crippen molar-refractivity contribution in [3.63, 3.8) is 0 Å². The maximum Gasteiger partial charge on any atom is 1.00 e. The van der Waals surface area contributed by atoms with Gasteiger partial charge in [-0.1, -0.05) is 53.9 Å². The number of rotatable bonds is 7. The Morgan fingerprint density at radius 2 is 1.03 bits per heavy atom. The largest absolute Gasteiger partial charge is 1.00 e. The number of halogens is 3. The Hall–Kier alpha value is -0.458. The minimum atomic E-state index is -0.215. The van der Waals surface area contributed by atoms with Crippen LogP contribution >= 0.6 is 47.8 Å². The molecule has 8 nitrogen and oxygen atoms in total. The third kappa shape index (κ3) is 14.6. The Labute approximate surface area is 478 Å². The number of esters is 1. The number of cyclic esters (lactones) is 1. The van der Waals surface area contributed by atoms with E-state index in [1.165, 1.54) is 102 Å². The van der Waals surface area contributed by atoms with Gasteiger partial charge in [0, 0.05) is 47.7 Å². The van der Waals surface area contributed by atoms with Gasteiger partial charge < -0.3 is 32.7 Å². The smallest absolute Gasteiger partial charge is 1.00 e. The molecule has 0 radical (unpaired) electrons. The zero-order valence-corrected chi connectivity index (χ0v) is 48.3. The van der Waals surface area contributed by atoms with Crippen molar-refractivity contribution in [1.82, 2.24) is 10.6 Å². The second kappa shape index (κ2) is 24.9. The fourth-order valence-electron chi connectivity index (χ4n) is 16.3. The van der Waals surface area contributed by atoms with Crippen LogP contribution in [0.1, 0.15) is 160 Å². The first-order valence-corrected chi connectivity index (χ1v) is 32.4. The fraction of sp³-hybridized carbons (Fsp3) is 0.649. The molecule has 1 amide bonds. The molecule has 3 aromatic rings. The average molecular weight is 1190 g/mol. The first-order chi connectivity index (χ1) is 33.0. The van der Waals surface area contributed by atoms with Crippen LogP contribution < -0.4 is 35.2 Å². The van der Waals surface area contributed by atoms with Crippen molar-refractivity contribution in [2.24, 2.45) is 59.0 Å². The number of ether oxygens (including phenoxy) is 1. The van der Waals surface area contributed by atoms with Gasteiger partial charge >= 0.3 is 24.8 Å². The summed E-state index contributed by atoms with van der Waals surface area (Å²) >= 11 is 10.1. The zero-order valence-electron chi connectivity index (χ0n) is 43.4. The van der Waals surface area contributed by atoms with Gasteiger partial charge in [-0.25, -0.2) is 4.79 Å². The molecule has 12 aliphatic carbocycles. The molecule has 0 unspecified atom stereocenters. The van der Waals surface area contributed by atoms with Crippen molar-refractivity contribution in [1.29, 1.82) is 0 Å². The van der Waals surface area contributed by atoms with E-state index in [-0.39, 0.29) is 82.4 Å². The maximum absolute atomic E-state index is 12.8. The van der Waals surface area contributed by atoms with Crippen LogP contribution in [0.4, 0.5) is 0 Å². The molecule has 0 saturated heterocycles. The second-order valence-corrected chi connectivity index (χ2v) is 30.8. The summed E-state index contributed by atoms with van der Waals surface area (Å²) in [7, 11) is 0. The first kappa shape index (κ1) is 58.2. The standard InChI is InChI=1S/C18H22BrNO2.C18H24BrNO.C10H17N.C8H5BrO2.3CH3.2Al.Li.4H/c19-15-1-2-16(14(6-15)10-21)17(22)20-18-7-11-3-12(8-18)5-13(4-11)9-18;19-17-2-1-15(16(6-17)11-21)10-20-18-7-12-3-13(8-18)5-14(4-12)9-18;11-10-4-7-1-8(5-10)3-9(2-7)6-10;9-6-1-2-7-5(3-6)4-11-8(7)10;;;;;;;;;;/h1-2,6,11-13,21H,3-5,7-10H2,(H,20,22);1-2,6,12-14,20-21H,3-5,7-11H2;7-9H,1-6,11H2;1-3H,4H2;3*1H3;;;;;;;/q;;;;;;;;;+1;;;;-1. The van der Waals surface area contributed by atoms with Gasteiger partial charge in [0.25, 0.3) is 20.1 Å². The molecule has 0 spiro atoms.